The number of ether oxygens (including phenoxy) is 1. The van der Waals surface area contributed by atoms with Crippen molar-refractivity contribution < 1.29 is 27.1 Å². The van der Waals surface area contributed by atoms with Gasteiger partial charge in [0.25, 0.3) is 0 Å². The third-order valence-electron chi connectivity index (χ3n) is 6.59. The largest absolute Gasteiger partial charge is 0.489 e. The molecule has 1 aromatic carbocycles. The van der Waals surface area contributed by atoms with Gasteiger partial charge in [-0.1, -0.05) is 0 Å². The van der Waals surface area contributed by atoms with Gasteiger partial charge in [-0.25, -0.2) is 0 Å². The Balaban J connectivity index is 1.44. The number of carbonyl (C=O) groups is 1. The molecule has 180 valence electrons. The molecule has 4 rings (SSSR count). The van der Waals surface area contributed by atoms with Crippen molar-refractivity contribution in [3.8, 4) is 17.2 Å². The van der Waals surface area contributed by atoms with Gasteiger partial charge in [0.1, 0.15) is 18.1 Å². The van der Waals surface area contributed by atoms with E-state index in [1.807, 2.05) is 0 Å². The summed E-state index contributed by atoms with van der Waals surface area (Å²) in [5.41, 5.74) is 0.386. The molecular formula is C23H29F3N4O3. The number of hydrogen-bond acceptors (Lipinski definition) is 7. The highest BCUT2D eigenvalue weighted by Crippen LogP contribution is 2.33. The monoisotopic (exact) mass is 466 g/mol. The highest BCUT2D eigenvalue weighted by atomic mass is 19.4. The molecule has 0 amide bonds. The first kappa shape index (κ1) is 23.7. The van der Waals surface area contributed by atoms with Crippen LogP contribution in [0.25, 0.3) is 11.5 Å². The molecule has 7 nitrogen and oxygen atoms in total. The van der Waals surface area contributed by atoms with Gasteiger partial charge in [-0.15, -0.1) is 10.2 Å². The van der Waals surface area contributed by atoms with Crippen LogP contribution in [0.4, 0.5) is 13.2 Å². The standard InChI is InChI=1S/C23H29F3N4O3/c1-15(2)29-9-11-30(12-10-29)19-13-16(14-31)3-8-20(19)32-18-6-4-17(5-7-18)21-27-28-22(33-21)23(24,25)26/h4-7,14-16,19-20H,3,8-13H2,1-2H3. The molecule has 2 aliphatic rings. The second-order valence-electron chi connectivity index (χ2n) is 9.03. The Morgan fingerprint density at radius 2 is 1.79 bits per heavy atom. The van der Waals surface area contributed by atoms with Gasteiger partial charge in [-0.3, -0.25) is 9.80 Å². The van der Waals surface area contributed by atoms with Crippen LogP contribution in [-0.2, 0) is 11.0 Å². The van der Waals surface area contributed by atoms with E-state index in [1.165, 1.54) is 0 Å². The zero-order valence-electron chi connectivity index (χ0n) is 18.8. The van der Waals surface area contributed by atoms with Crippen LogP contribution in [0, 0.1) is 5.92 Å². The highest BCUT2D eigenvalue weighted by molar-refractivity contribution is 5.54. The third kappa shape index (κ3) is 5.55. The SMILES string of the molecule is CC(C)N1CCN(C2CC(C=O)CCC2Oc2ccc(-c3nnc(C(F)(F)F)o3)cc2)CC1. The van der Waals surface area contributed by atoms with Gasteiger partial charge < -0.3 is 13.9 Å². The van der Waals surface area contributed by atoms with E-state index in [2.05, 4.69) is 33.8 Å². The fourth-order valence-corrected chi connectivity index (χ4v) is 4.69. The predicted octanol–water partition coefficient (Wildman–Crippen LogP) is 3.90. The van der Waals surface area contributed by atoms with Crippen LogP contribution < -0.4 is 4.74 Å². The summed E-state index contributed by atoms with van der Waals surface area (Å²) in [5.74, 6) is -0.901. The quantitative estimate of drug-likeness (QED) is 0.598. The summed E-state index contributed by atoms with van der Waals surface area (Å²) in [7, 11) is 0. The molecule has 0 spiro atoms. The number of halogens is 3. The Bertz CT molecular complexity index is 924. The molecule has 3 unspecified atom stereocenters. The lowest BCUT2D eigenvalue weighted by atomic mass is 9.83. The highest BCUT2D eigenvalue weighted by Gasteiger charge is 2.39. The van der Waals surface area contributed by atoms with Crippen LogP contribution in [0.15, 0.2) is 28.7 Å². The van der Waals surface area contributed by atoms with Crippen molar-refractivity contribution in [2.24, 2.45) is 5.92 Å². The molecule has 2 fully saturated rings. The lowest BCUT2D eigenvalue weighted by Crippen LogP contribution is -2.57. The molecule has 1 aliphatic heterocycles. The molecular weight excluding hydrogens is 437 g/mol. The number of hydrogen-bond donors (Lipinski definition) is 0. The number of carbonyl (C=O) groups excluding carboxylic acids is 1. The van der Waals surface area contributed by atoms with Crippen LogP contribution in [-0.4, -0.2) is 70.7 Å². The van der Waals surface area contributed by atoms with Gasteiger partial charge in [0.05, 0.1) is 0 Å². The number of alkyl halides is 3. The maximum absolute atomic E-state index is 12.7. The van der Waals surface area contributed by atoms with Gasteiger partial charge in [0.2, 0.25) is 5.89 Å². The Labute approximate surface area is 190 Å². The summed E-state index contributed by atoms with van der Waals surface area (Å²) < 4.78 is 49.2. The summed E-state index contributed by atoms with van der Waals surface area (Å²) in [6, 6.07) is 7.28. The maximum Gasteiger partial charge on any atom is 0.470 e. The normalized spacial score (nSPS) is 25.3. The summed E-state index contributed by atoms with van der Waals surface area (Å²) in [6.07, 6.45) is -1.34. The number of rotatable bonds is 6. The number of nitrogens with zero attached hydrogens (tertiary/aromatic N) is 4. The van der Waals surface area contributed by atoms with Gasteiger partial charge >= 0.3 is 12.1 Å². The summed E-state index contributed by atoms with van der Waals surface area (Å²) >= 11 is 0. The zero-order valence-corrected chi connectivity index (χ0v) is 18.8. The van der Waals surface area contributed by atoms with E-state index < -0.39 is 12.1 Å². The van der Waals surface area contributed by atoms with Crippen molar-refractivity contribution in [3.05, 3.63) is 30.2 Å². The van der Waals surface area contributed by atoms with Gasteiger partial charge in [0.15, 0.2) is 0 Å². The molecule has 0 bridgehead atoms. The lowest BCUT2D eigenvalue weighted by Gasteiger charge is -2.45. The Morgan fingerprint density at radius 3 is 2.36 bits per heavy atom. The van der Waals surface area contributed by atoms with Gasteiger partial charge in [0, 0.05) is 49.7 Å². The smallest absolute Gasteiger partial charge is 0.470 e. The molecule has 2 heterocycles. The summed E-state index contributed by atoms with van der Waals surface area (Å²) in [4.78, 5) is 16.4. The Morgan fingerprint density at radius 1 is 1.09 bits per heavy atom. The van der Waals surface area contributed by atoms with Crippen LogP contribution in [0.5, 0.6) is 5.75 Å². The van der Waals surface area contributed by atoms with Crippen LogP contribution in [0.2, 0.25) is 0 Å². The summed E-state index contributed by atoms with van der Waals surface area (Å²) in [6.45, 7) is 8.26. The maximum atomic E-state index is 12.7. The Hall–Kier alpha value is -2.46. The van der Waals surface area contributed by atoms with E-state index in [9.17, 15) is 18.0 Å². The van der Waals surface area contributed by atoms with E-state index in [1.54, 1.807) is 24.3 Å². The van der Waals surface area contributed by atoms with Gasteiger partial charge in [-0.05, 0) is 57.4 Å². The second-order valence-corrected chi connectivity index (χ2v) is 9.03. The van der Waals surface area contributed by atoms with Gasteiger partial charge in [-0.2, -0.15) is 13.2 Å². The Kier molecular flexibility index (Phi) is 7.04. The first-order valence-electron chi connectivity index (χ1n) is 11.4. The lowest BCUT2D eigenvalue weighted by molar-refractivity contribution is -0.156. The minimum absolute atomic E-state index is 0.0423. The molecule has 0 N–H and O–H groups in total. The summed E-state index contributed by atoms with van der Waals surface area (Å²) in [5, 5.41) is 6.55. The first-order chi connectivity index (χ1) is 15.7. The average molecular weight is 467 g/mol. The van der Waals surface area contributed by atoms with E-state index in [0.717, 1.165) is 51.7 Å². The first-order valence-corrected chi connectivity index (χ1v) is 11.4. The fourth-order valence-electron chi connectivity index (χ4n) is 4.69. The molecule has 10 heteroatoms. The predicted molar refractivity (Wildman–Crippen MR) is 115 cm³/mol. The molecule has 33 heavy (non-hydrogen) atoms. The van der Waals surface area contributed by atoms with E-state index in [-0.39, 0.29) is 24.0 Å². The number of benzene rings is 1. The van der Waals surface area contributed by atoms with Crippen molar-refractivity contribution in [3.63, 3.8) is 0 Å². The zero-order chi connectivity index (χ0) is 23.6. The third-order valence-corrected chi connectivity index (χ3v) is 6.59. The minimum Gasteiger partial charge on any atom is -0.489 e. The molecule has 2 aromatic rings. The number of aromatic nitrogens is 2. The van der Waals surface area contributed by atoms with Crippen molar-refractivity contribution in [2.45, 2.75) is 57.5 Å². The topological polar surface area (TPSA) is 71.7 Å². The van der Waals surface area contributed by atoms with Crippen LogP contribution in [0.3, 0.4) is 0 Å². The molecule has 0 radical (unpaired) electrons. The number of piperazine rings is 1. The fraction of sp³-hybridized carbons (Fsp3) is 0.609. The number of aldehydes is 1. The van der Waals surface area contributed by atoms with E-state index in [0.29, 0.717) is 17.4 Å². The molecule has 1 aromatic heterocycles. The van der Waals surface area contributed by atoms with Crippen molar-refractivity contribution in [1.29, 1.82) is 0 Å². The average Bonchev–Trinajstić information content (AvgIpc) is 3.31. The van der Waals surface area contributed by atoms with Crippen molar-refractivity contribution in [2.75, 3.05) is 26.2 Å². The molecule has 1 aliphatic carbocycles. The molecule has 3 atom stereocenters. The van der Waals surface area contributed by atoms with Crippen LogP contribution >= 0.6 is 0 Å². The minimum atomic E-state index is -4.68. The van der Waals surface area contributed by atoms with E-state index in [4.69, 9.17) is 9.15 Å². The van der Waals surface area contributed by atoms with Crippen molar-refractivity contribution >= 4 is 6.29 Å². The molecule has 1 saturated heterocycles. The van der Waals surface area contributed by atoms with Crippen LogP contribution in [0.1, 0.15) is 39.0 Å². The molecule has 1 saturated carbocycles. The van der Waals surface area contributed by atoms with E-state index >= 15 is 0 Å². The second kappa shape index (κ2) is 9.80. The van der Waals surface area contributed by atoms with Crippen molar-refractivity contribution in [1.82, 2.24) is 20.0 Å².